The Morgan fingerprint density at radius 1 is 1.43 bits per heavy atom. The van der Waals surface area contributed by atoms with E-state index in [1.165, 1.54) is 11.3 Å². The van der Waals surface area contributed by atoms with Crippen LogP contribution in [0.15, 0.2) is 6.07 Å². The molecule has 0 saturated carbocycles. The number of carbonyl (C=O) groups is 1. The molecule has 0 radical (unpaired) electrons. The van der Waals surface area contributed by atoms with Gasteiger partial charge in [0.25, 0.3) is 0 Å². The fourth-order valence-corrected chi connectivity index (χ4v) is 2.72. The van der Waals surface area contributed by atoms with Crippen LogP contribution in [-0.2, 0) is 19.1 Å². The number of carboxylic acids is 1. The van der Waals surface area contributed by atoms with E-state index in [0.717, 1.165) is 10.7 Å². The molecule has 114 valence electrons. The number of aromatic carboxylic acids is 1. The van der Waals surface area contributed by atoms with Crippen molar-refractivity contribution < 1.29 is 14.6 Å². The van der Waals surface area contributed by atoms with E-state index < -0.39 is 5.97 Å². The molecule has 0 aliphatic heterocycles. The van der Waals surface area contributed by atoms with Crippen LogP contribution in [0.4, 0.5) is 0 Å². The predicted molar refractivity (Wildman–Crippen MR) is 80.1 cm³/mol. The standard InChI is InChI=1S/C14H19N3O3S/c1-8-15-16-11(17(8)5)7-20-9-6-10(14(2,3)4)21-12(9)13(18)19/h6H,7H2,1-5H3,(H,18,19). The predicted octanol–water partition coefficient (Wildman–Crippen LogP) is 2.76. The maximum absolute atomic E-state index is 11.3. The average molecular weight is 309 g/mol. The summed E-state index contributed by atoms with van der Waals surface area (Å²) < 4.78 is 7.48. The Labute approximate surface area is 127 Å². The molecule has 0 spiro atoms. The van der Waals surface area contributed by atoms with E-state index >= 15 is 0 Å². The molecule has 6 nitrogen and oxygen atoms in total. The Morgan fingerprint density at radius 2 is 2.10 bits per heavy atom. The summed E-state index contributed by atoms with van der Waals surface area (Å²) in [5, 5.41) is 17.3. The lowest BCUT2D eigenvalue weighted by atomic mass is 9.95. The molecular formula is C14H19N3O3S. The van der Waals surface area contributed by atoms with Gasteiger partial charge in [-0.1, -0.05) is 20.8 Å². The minimum atomic E-state index is -0.973. The summed E-state index contributed by atoms with van der Waals surface area (Å²) in [6, 6.07) is 1.80. The van der Waals surface area contributed by atoms with Crippen LogP contribution in [0.1, 0.15) is 47.0 Å². The van der Waals surface area contributed by atoms with Gasteiger partial charge in [0.05, 0.1) is 0 Å². The molecular weight excluding hydrogens is 290 g/mol. The lowest BCUT2D eigenvalue weighted by Crippen LogP contribution is -2.08. The summed E-state index contributed by atoms with van der Waals surface area (Å²) >= 11 is 1.25. The number of hydrogen-bond acceptors (Lipinski definition) is 5. The fraction of sp³-hybridized carbons (Fsp3) is 0.500. The minimum Gasteiger partial charge on any atom is -0.484 e. The number of carboxylic acid groups (broad SMARTS) is 1. The van der Waals surface area contributed by atoms with Gasteiger partial charge in [-0.2, -0.15) is 0 Å². The van der Waals surface area contributed by atoms with E-state index in [1.807, 2.05) is 39.3 Å². The average Bonchev–Trinajstić information content (AvgIpc) is 2.93. The number of aryl methyl sites for hydroxylation is 1. The highest BCUT2D eigenvalue weighted by Crippen LogP contribution is 2.37. The van der Waals surface area contributed by atoms with Gasteiger partial charge in [-0.15, -0.1) is 21.5 Å². The van der Waals surface area contributed by atoms with Crippen LogP contribution in [-0.4, -0.2) is 25.8 Å². The van der Waals surface area contributed by atoms with Crippen molar-refractivity contribution in [1.82, 2.24) is 14.8 Å². The van der Waals surface area contributed by atoms with E-state index in [0.29, 0.717) is 11.6 Å². The molecule has 0 aliphatic rings. The van der Waals surface area contributed by atoms with Gasteiger partial charge < -0.3 is 14.4 Å². The van der Waals surface area contributed by atoms with Crippen LogP contribution in [0.2, 0.25) is 0 Å². The van der Waals surface area contributed by atoms with Crippen LogP contribution in [0.25, 0.3) is 0 Å². The molecule has 0 atom stereocenters. The van der Waals surface area contributed by atoms with Crippen LogP contribution in [0.3, 0.4) is 0 Å². The molecule has 0 fully saturated rings. The largest absolute Gasteiger partial charge is 0.484 e. The molecule has 21 heavy (non-hydrogen) atoms. The third-order valence-electron chi connectivity index (χ3n) is 3.17. The zero-order chi connectivity index (χ0) is 15.8. The first kappa shape index (κ1) is 15.5. The van der Waals surface area contributed by atoms with Gasteiger partial charge in [0.2, 0.25) is 0 Å². The van der Waals surface area contributed by atoms with E-state index in [9.17, 15) is 9.90 Å². The van der Waals surface area contributed by atoms with Gasteiger partial charge in [0, 0.05) is 11.9 Å². The molecule has 0 unspecified atom stereocenters. The molecule has 2 aromatic rings. The first-order chi connectivity index (χ1) is 9.70. The zero-order valence-electron chi connectivity index (χ0n) is 12.8. The molecule has 7 heteroatoms. The fourth-order valence-electron chi connectivity index (χ4n) is 1.72. The number of thiophene rings is 1. The summed E-state index contributed by atoms with van der Waals surface area (Å²) in [4.78, 5) is 12.5. The van der Waals surface area contributed by atoms with Crippen molar-refractivity contribution >= 4 is 17.3 Å². The zero-order valence-corrected chi connectivity index (χ0v) is 13.6. The van der Waals surface area contributed by atoms with Crippen LogP contribution in [0, 0.1) is 6.92 Å². The van der Waals surface area contributed by atoms with E-state index in [1.54, 1.807) is 6.07 Å². The smallest absolute Gasteiger partial charge is 0.349 e. The maximum Gasteiger partial charge on any atom is 0.349 e. The highest BCUT2D eigenvalue weighted by molar-refractivity contribution is 7.14. The number of rotatable bonds is 4. The summed E-state index contributed by atoms with van der Waals surface area (Å²) in [5.74, 6) is 0.859. The summed E-state index contributed by atoms with van der Waals surface area (Å²) in [6.45, 7) is 8.17. The molecule has 0 bridgehead atoms. The van der Waals surface area contributed by atoms with Crippen molar-refractivity contribution in [2.24, 2.45) is 7.05 Å². The van der Waals surface area contributed by atoms with Crippen molar-refractivity contribution in [3.63, 3.8) is 0 Å². The minimum absolute atomic E-state index is 0.113. The van der Waals surface area contributed by atoms with Crippen LogP contribution < -0.4 is 4.74 Å². The molecule has 1 N–H and O–H groups in total. The van der Waals surface area contributed by atoms with Crippen molar-refractivity contribution in [1.29, 1.82) is 0 Å². The monoisotopic (exact) mass is 309 g/mol. The van der Waals surface area contributed by atoms with Crippen molar-refractivity contribution in [2.45, 2.75) is 39.7 Å². The Bertz CT molecular complexity index is 668. The van der Waals surface area contributed by atoms with Crippen LogP contribution in [0.5, 0.6) is 5.75 Å². The second-order valence-corrected chi connectivity index (χ2v) is 6.92. The lowest BCUT2D eigenvalue weighted by molar-refractivity contribution is 0.0697. The summed E-state index contributed by atoms with van der Waals surface area (Å²) in [5.41, 5.74) is -0.113. The van der Waals surface area contributed by atoms with Crippen molar-refractivity contribution in [3.05, 3.63) is 27.5 Å². The molecule has 0 saturated heterocycles. The molecule has 2 heterocycles. The van der Waals surface area contributed by atoms with Crippen LogP contribution >= 0.6 is 11.3 Å². The first-order valence-corrected chi connectivity index (χ1v) is 7.37. The number of aromatic nitrogens is 3. The maximum atomic E-state index is 11.3. The molecule has 2 rings (SSSR count). The molecule has 0 amide bonds. The van der Waals surface area contributed by atoms with Crippen molar-refractivity contribution in [2.75, 3.05) is 0 Å². The Hall–Kier alpha value is -1.89. The van der Waals surface area contributed by atoms with Gasteiger partial charge in [-0.25, -0.2) is 4.79 Å². The summed E-state index contributed by atoms with van der Waals surface area (Å²) in [7, 11) is 1.85. The van der Waals surface area contributed by atoms with E-state index in [-0.39, 0.29) is 16.9 Å². The normalized spacial score (nSPS) is 11.7. The Kier molecular flexibility index (Phi) is 4.04. The van der Waals surface area contributed by atoms with Gasteiger partial charge in [0.1, 0.15) is 18.2 Å². The topological polar surface area (TPSA) is 77.2 Å². The second kappa shape index (κ2) is 5.48. The van der Waals surface area contributed by atoms with Gasteiger partial charge in [-0.05, 0) is 18.4 Å². The quantitative estimate of drug-likeness (QED) is 0.939. The van der Waals surface area contributed by atoms with Gasteiger partial charge in [0.15, 0.2) is 10.7 Å². The highest BCUT2D eigenvalue weighted by Gasteiger charge is 2.24. The highest BCUT2D eigenvalue weighted by atomic mass is 32.1. The number of nitrogens with zero attached hydrogens (tertiary/aromatic N) is 3. The van der Waals surface area contributed by atoms with Gasteiger partial charge >= 0.3 is 5.97 Å². The van der Waals surface area contributed by atoms with Gasteiger partial charge in [-0.3, -0.25) is 0 Å². The Morgan fingerprint density at radius 3 is 2.57 bits per heavy atom. The number of hydrogen-bond donors (Lipinski definition) is 1. The SMILES string of the molecule is Cc1nnc(COc2cc(C(C)(C)C)sc2C(=O)O)n1C. The first-order valence-electron chi connectivity index (χ1n) is 6.55. The molecule has 0 aliphatic carbocycles. The third kappa shape index (κ3) is 3.24. The molecule has 0 aromatic carbocycles. The Balaban J connectivity index is 2.25. The third-order valence-corrected chi connectivity index (χ3v) is 4.70. The second-order valence-electron chi connectivity index (χ2n) is 5.87. The molecule has 2 aromatic heterocycles. The van der Waals surface area contributed by atoms with E-state index in [4.69, 9.17) is 4.74 Å². The number of ether oxygens (including phenoxy) is 1. The van der Waals surface area contributed by atoms with Crippen molar-refractivity contribution in [3.8, 4) is 5.75 Å². The summed E-state index contributed by atoms with van der Waals surface area (Å²) in [6.07, 6.45) is 0. The lowest BCUT2D eigenvalue weighted by Gasteiger charge is -2.14. The van der Waals surface area contributed by atoms with E-state index in [2.05, 4.69) is 10.2 Å².